The van der Waals surface area contributed by atoms with Crippen molar-refractivity contribution in [3.05, 3.63) is 0 Å². The van der Waals surface area contributed by atoms with Crippen LogP contribution in [0.2, 0.25) is 0 Å². The molecule has 6 heteroatoms. The van der Waals surface area contributed by atoms with Gasteiger partial charge in [0, 0.05) is 13.0 Å². The molecule has 0 rings (SSSR count). The summed E-state index contributed by atoms with van der Waals surface area (Å²) in [5.74, 6) is -0.226. The topological polar surface area (TPSA) is 76.7 Å². The van der Waals surface area contributed by atoms with Gasteiger partial charge in [0.25, 0.3) is 0 Å². The quantitative estimate of drug-likeness (QED) is 0.500. The molecule has 0 aromatic heterocycles. The van der Waals surface area contributed by atoms with Gasteiger partial charge >= 0.3 is 0 Å². The van der Waals surface area contributed by atoms with E-state index in [1.54, 1.807) is 6.92 Å². The lowest BCUT2D eigenvalue weighted by Gasteiger charge is -2.10. The fourth-order valence-corrected chi connectivity index (χ4v) is 1.08. The highest BCUT2D eigenvalue weighted by Gasteiger charge is 2.10. The van der Waals surface area contributed by atoms with Crippen molar-refractivity contribution >= 4 is 11.7 Å². The molecule has 0 radical (unpaired) electrons. The first-order valence-electron chi connectivity index (χ1n) is 6.17. The smallest absolute Gasteiger partial charge is 0.222 e. The van der Waals surface area contributed by atoms with Crippen molar-refractivity contribution < 1.29 is 19.1 Å². The standard InChI is InChI=1S/C12H24N2O4/c1-10(11(2)15)14-12(16)4-6-17-8-9-18-7-5-13-3/h10,13H,4-9H2,1-3H3,(H,14,16)/t10-/m1/s1. The molecule has 0 saturated carbocycles. The van der Waals surface area contributed by atoms with E-state index in [0.29, 0.717) is 26.4 Å². The zero-order valence-corrected chi connectivity index (χ0v) is 11.5. The van der Waals surface area contributed by atoms with E-state index in [9.17, 15) is 9.59 Å². The summed E-state index contributed by atoms with van der Waals surface area (Å²) in [6.07, 6.45) is 0.258. The molecule has 0 fully saturated rings. The number of ketones is 1. The minimum atomic E-state index is -0.428. The molecule has 106 valence electrons. The highest BCUT2D eigenvalue weighted by atomic mass is 16.5. The molecule has 0 heterocycles. The van der Waals surface area contributed by atoms with Crippen LogP contribution in [0.4, 0.5) is 0 Å². The molecule has 0 unspecified atom stereocenters. The SMILES string of the molecule is CNCCOCCOCCC(=O)N[C@H](C)C(C)=O. The third-order valence-electron chi connectivity index (χ3n) is 2.33. The summed E-state index contributed by atoms with van der Waals surface area (Å²) in [5, 5.41) is 5.56. The lowest BCUT2D eigenvalue weighted by atomic mass is 10.2. The normalized spacial score (nSPS) is 12.2. The lowest BCUT2D eigenvalue weighted by Crippen LogP contribution is -2.37. The van der Waals surface area contributed by atoms with Crippen LogP contribution < -0.4 is 10.6 Å². The molecule has 0 saturated heterocycles. The Morgan fingerprint density at radius 3 is 2.28 bits per heavy atom. The predicted molar refractivity (Wildman–Crippen MR) is 68.5 cm³/mol. The van der Waals surface area contributed by atoms with Gasteiger partial charge in [-0.15, -0.1) is 0 Å². The monoisotopic (exact) mass is 260 g/mol. The van der Waals surface area contributed by atoms with Gasteiger partial charge in [-0.25, -0.2) is 0 Å². The fourth-order valence-electron chi connectivity index (χ4n) is 1.08. The highest BCUT2D eigenvalue weighted by molar-refractivity contribution is 5.87. The molecule has 1 atom stereocenters. The molecule has 0 aromatic carbocycles. The Balaban J connectivity index is 3.33. The van der Waals surface area contributed by atoms with Crippen LogP contribution in [-0.4, -0.2) is 57.8 Å². The lowest BCUT2D eigenvalue weighted by molar-refractivity contribution is -0.127. The molecule has 0 aliphatic carbocycles. The van der Waals surface area contributed by atoms with Crippen molar-refractivity contribution in [1.82, 2.24) is 10.6 Å². The van der Waals surface area contributed by atoms with Crippen LogP contribution in [0.1, 0.15) is 20.3 Å². The minimum Gasteiger partial charge on any atom is -0.379 e. The summed E-state index contributed by atoms with van der Waals surface area (Å²) >= 11 is 0. The van der Waals surface area contributed by atoms with Crippen molar-refractivity contribution in [1.29, 1.82) is 0 Å². The van der Waals surface area contributed by atoms with E-state index in [0.717, 1.165) is 6.54 Å². The molecule has 0 spiro atoms. The van der Waals surface area contributed by atoms with E-state index >= 15 is 0 Å². The Kier molecular flexibility index (Phi) is 10.5. The fraction of sp³-hybridized carbons (Fsp3) is 0.833. The zero-order chi connectivity index (χ0) is 13.8. The molecule has 2 N–H and O–H groups in total. The third-order valence-corrected chi connectivity index (χ3v) is 2.33. The van der Waals surface area contributed by atoms with Gasteiger partial charge in [-0.1, -0.05) is 0 Å². The number of hydrogen-bond donors (Lipinski definition) is 2. The van der Waals surface area contributed by atoms with Gasteiger partial charge in [-0.2, -0.15) is 0 Å². The first-order chi connectivity index (χ1) is 8.57. The minimum absolute atomic E-state index is 0.0535. The number of carbonyl (C=O) groups is 2. The van der Waals surface area contributed by atoms with E-state index in [1.165, 1.54) is 6.92 Å². The summed E-state index contributed by atoms with van der Waals surface area (Å²) in [4.78, 5) is 22.3. The molecule has 6 nitrogen and oxygen atoms in total. The Morgan fingerprint density at radius 2 is 1.72 bits per heavy atom. The number of likely N-dealkylation sites (N-methyl/N-ethyl adjacent to an activating group) is 1. The number of rotatable bonds is 11. The van der Waals surface area contributed by atoms with E-state index in [1.807, 2.05) is 7.05 Å². The van der Waals surface area contributed by atoms with Crippen LogP contribution in [0.25, 0.3) is 0 Å². The third kappa shape index (κ3) is 10.2. The second kappa shape index (κ2) is 11.1. The Labute approximate surface area is 108 Å². The van der Waals surface area contributed by atoms with Crippen molar-refractivity contribution in [3.8, 4) is 0 Å². The number of ether oxygens (including phenoxy) is 2. The predicted octanol–water partition coefficient (Wildman–Crippen LogP) is -0.277. The second-order valence-electron chi connectivity index (χ2n) is 3.98. The molecule has 0 aromatic rings. The summed E-state index contributed by atoms with van der Waals surface area (Å²) in [6.45, 7) is 5.90. The van der Waals surface area contributed by atoms with Gasteiger partial charge in [0.2, 0.25) is 5.91 Å². The maximum Gasteiger partial charge on any atom is 0.222 e. The van der Waals surface area contributed by atoms with E-state index in [4.69, 9.17) is 9.47 Å². The van der Waals surface area contributed by atoms with Crippen LogP contribution >= 0.6 is 0 Å². The number of amides is 1. The van der Waals surface area contributed by atoms with Crippen LogP contribution in [0, 0.1) is 0 Å². The van der Waals surface area contributed by atoms with Crippen molar-refractivity contribution in [2.45, 2.75) is 26.3 Å². The van der Waals surface area contributed by atoms with Crippen molar-refractivity contribution in [2.24, 2.45) is 0 Å². The number of nitrogens with one attached hydrogen (secondary N) is 2. The Bertz CT molecular complexity index is 246. The summed E-state index contributed by atoms with van der Waals surface area (Å²) in [7, 11) is 1.86. The summed E-state index contributed by atoms with van der Waals surface area (Å²) in [5.41, 5.74) is 0. The molecule has 0 aliphatic rings. The van der Waals surface area contributed by atoms with E-state index in [2.05, 4.69) is 10.6 Å². The molecule has 0 aliphatic heterocycles. The van der Waals surface area contributed by atoms with Crippen molar-refractivity contribution in [3.63, 3.8) is 0 Å². The first kappa shape index (κ1) is 17.0. The van der Waals surface area contributed by atoms with Gasteiger partial charge in [-0.3, -0.25) is 9.59 Å². The van der Waals surface area contributed by atoms with Crippen LogP contribution in [0.5, 0.6) is 0 Å². The van der Waals surface area contributed by atoms with Gasteiger partial charge in [0.1, 0.15) is 0 Å². The van der Waals surface area contributed by atoms with Gasteiger partial charge in [-0.05, 0) is 20.9 Å². The average molecular weight is 260 g/mol. The Hall–Kier alpha value is -0.980. The second-order valence-corrected chi connectivity index (χ2v) is 3.98. The number of carbonyl (C=O) groups excluding carboxylic acids is 2. The first-order valence-corrected chi connectivity index (χ1v) is 6.17. The van der Waals surface area contributed by atoms with Gasteiger partial charge in [0.15, 0.2) is 5.78 Å². The van der Waals surface area contributed by atoms with Crippen LogP contribution in [0.15, 0.2) is 0 Å². The van der Waals surface area contributed by atoms with Crippen molar-refractivity contribution in [2.75, 3.05) is 40.0 Å². The van der Waals surface area contributed by atoms with Gasteiger partial charge in [0.05, 0.1) is 32.5 Å². The summed E-state index contributed by atoms with van der Waals surface area (Å²) < 4.78 is 10.5. The van der Waals surface area contributed by atoms with Crippen LogP contribution in [0.3, 0.4) is 0 Å². The Morgan fingerprint density at radius 1 is 1.11 bits per heavy atom. The average Bonchev–Trinajstić information content (AvgIpc) is 2.32. The molecular weight excluding hydrogens is 236 g/mol. The van der Waals surface area contributed by atoms with E-state index in [-0.39, 0.29) is 18.1 Å². The summed E-state index contributed by atoms with van der Waals surface area (Å²) in [6, 6.07) is -0.428. The molecule has 0 bridgehead atoms. The van der Waals surface area contributed by atoms with Gasteiger partial charge < -0.3 is 20.1 Å². The molecule has 1 amide bonds. The maximum absolute atomic E-state index is 11.3. The molecular formula is C12H24N2O4. The van der Waals surface area contributed by atoms with Crippen LogP contribution in [-0.2, 0) is 19.1 Å². The maximum atomic E-state index is 11.3. The number of hydrogen-bond acceptors (Lipinski definition) is 5. The number of Topliss-reactive ketones (excluding diaryl/α,β-unsaturated/α-hetero) is 1. The molecule has 18 heavy (non-hydrogen) atoms. The largest absolute Gasteiger partial charge is 0.379 e. The van der Waals surface area contributed by atoms with E-state index < -0.39 is 6.04 Å². The zero-order valence-electron chi connectivity index (χ0n) is 11.5. The highest BCUT2D eigenvalue weighted by Crippen LogP contribution is 1.88.